The fourth-order valence-corrected chi connectivity index (χ4v) is 3.02. The van der Waals surface area contributed by atoms with Crippen LogP contribution in [0.4, 0.5) is 17.3 Å². The highest BCUT2D eigenvalue weighted by molar-refractivity contribution is 6.04. The first-order chi connectivity index (χ1) is 14.6. The van der Waals surface area contributed by atoms with Gasteiger partial charge in [0.15, 0.2) is 0 Å². The number of aryl methyl sites for hydroxylation is 2. The van der Waals surface area contributed by atoms with E-state index in [1.54, 1.807) is 24.5 Å². The van der Waals surface area contributed by atoms with Gasteiger partial charge in [0, 0.05) is 41.1 Å². The van der Waals surface area contributed by atoms with Crippen LogP contribution in [0.5, 0.6) is 0 Å². The number of pyridine rings is 1. The van der Waals surface area contributed by atoms with E-state index in [9.17, 15) is 4.79 Å². The Bertz CT molecular complexity index is 1190. The van der Waals surface area contributed by atoms with Crippen LogP contribution >= 0.6 is 0 Å². The number of nitrogens with one attached hydrogen (secondary N) is 2. The van der Waals surface area contributed by atoms with Crippen LogP contribution in [-0.4, -0.2) is 20.9 Å². The molecule has 0 fully saturated rings. The maximum Gasteiger partial charge on any atom is 0.255 e. The number of amides is 1. The second-order valence-electron chi connectivity index (χ2n) is 6.99. The lowest BCUT2D eigenvalue weighted by Gasteiger charge is -2.12. The Balaban J connectivity index is 1.56. The minimum absolute atomic E-state index is 0.157. The van der Waals surface area contributed by atoms with Crippen molar-refractivity contribution in [3.05, 3.63) is 95.9 Å². The van der Waals surface area contributed by atoms with Crippen molar-refractivity contribution >= 4 is 23.2 Å². The Morgan fingerprint density at radius 1 is 0.933 bits per heavy atom. The molecule has 0 aliphatic heterocycles. The van der Waals surface area contributed by atoms with E-state index < -0.39 is 0 Å². The summed E-state index contributed by atoms with van der Waals surface area (Å²) in [5, 5.41) is 6.18. The molecule has 4 rings (SSSR count). The largest absolute Gasteiger partial charge is 0.324 e. The van der Waals surface area contributed by atoms with Crippen molar-refractivity contribution in [3.63, 3.8) is 0 Å². The molecular formula is C24H21N5O. The van der Waals surface area contributed by atoms with Gasteiger partial charge in [-0.05, 0) is 61.4 Å². The van der Waals surface area contributed by atoms with Gasteiger partial charge in [-0.3, -0.25) is 9.78 Å². The molecule has 30 heavy (non-hydrogen) atoms. The molecule has 0 spiro atoms. The average Bonchev–Trinajstić information content (AvgIpc) is 2.77. The molecule has 2 aromatic heterocycles. The number of anilines is 3. The summed E-state index contributed by atoms with van der Waals surface area (Å²) in [6.45, 7) is 3.98. The summed E-state index contributed by atoms with van der Waals surface area (Å²) in [6, 6.07) is 18.7. The highest BCUT2D eigenvalue weighted by atomic mass is 16.1. The van der Waals surface area contributed by atoms with Crippen LogP contribution in [0.1, 0.15) is 21.5 Å². The second-order valence-corrected chi connectivity index (χ2v) is 6.99. The highest BCUT2D eigenvalue weighted by Gasteiger charge is 2.09. The molecular weight excluding hydrogens is 374 g/mol. The number of carbonyl (C=O) groups is 1. The van der Waals surface area contributed by atoms with Gasteiger partial charge in [0.2, 0.25) is 5.95 Å². The fourth-order valence-electron chi connectivity index (χ4n) is 3.02. The number of hydrogen-bond acceptors (Lipinski definition) is 5. The summed E-state index contributed by atoms with van der Waals surface area (Å²) in [5.74, 6) is 0.319. The zero-order chi connectivity index (χ0) is 20.9. The summed E-state index contributed by atoms with van der Waals surface area (Å²) < 4.78 is 0. The zero-order valence-corrected chi connectivity index (χ0v) is 16.8. The summed E-state index contributed by atoms with van der Waals surface area (Å²) in [7, 11) is 0. The quantitative estimate of drug-likeness (QED) is 0.488. The molecule has 0 aliphatic rings. The SMILES string of the molecule is Cc1cncc(-c2ccnc(Nc3cc(NC(=O)c4ccccc4)ccc3C)n2)c1. The fraction of sp³-hybridized carbons (Fsp3) is 0.0833. The number of hydrogen-bond donors (Lipinski definition) is 2. The Hall–Kier alpha value is -4.06. The molecule has 6 heteroatoms. The van der Waals surface area contributed by atoms with Gasteiger partial charge in [-0.25, -0.2) is 9.97 Å². The minimum atomic E-state index is -0.157. The topological polar surface area (TPSA) is 79.8 Å². The van der Waals surface area contributed by atoms with E-state index in [0.29, 0.717) is 17.2 Å². The van der Waals surface area contributed by atoms with E-state index in [0.717, 1.165) is 28.1 Å². The van der Waals surface area contributed by atoms with E-state index in [2.05, 4.69) is 25.6 Å². The van der Waals surface area contributed by atoms with Crippen molar-refractivity contribution in [2.75, 3.05) is 10.6 Å². The van der Waals surface area contributed by atoms with Gasteiger partial charge >= 0.3 is 0 Å². The van der Waals surface area contributed by atoms with Crippen molar-refractivity contribution in [1.29, 1.82) is 0 Å². The van der Waals surface area contributed by atoms with E-state index in [1.807, 2.05) is 68.6 Å². The molecule has 0 atom stereocenters. The Labute approximate surface area is 175 Å². The molecule has 2 heterocycles. The van der Waals surface area contributed by atoms with Gasteiger partial charge in [0.25, 0.3) is 5.91 Å². The van der Waals surface area contributed by atoms with Gasteiger partial charge in [0.05, 0.1) is 5.69 Å². The first-order valence-electron chi connectivity index (χ1n) is 9.57. The van der Waals surface area contributed by atoms with Crippen LogP contribution in [0.2, 0.25) is 0 Å². The van der Waals surface area contributed by atoms with E-state index in [4.69, 9.17) is 0 Å². The Morgan fingerprint density at radius 2 is 1.77 bits per heavy atom. The molecule has 4 aromatic rings. The lowest BCUT2D eigenvalue weighted by molar-refractivity contribution is 0.102. The molecule has 0 bridgehead atoms. The maximum atomic E-state index is 12.4. The number of benzene rings is 2. The third kappa shape index (κ3) is 4.50. The van der Waals surface area contributed by atoms with Crippen LogP contribution in [0.15, 0.2) is 79.3 Å². The monoisotopic (exact) mass is 395 g/mol. The van der Waals surface area contributed by atoms with Crippen molar-refractivity contribution in [3.8, 4) is 11.3 Å². The van der Waals surface area contributed by atoms with Crippen LogP contribution in [-0.2, 0) is 0 Å². The van der Waals surface area contributed by atoms with Crippen LogP contribution in [0.25, 0.3) is 11.3 Å². The number of rotatable bonds is 5. The molecule has 0 radical (unpaired) electrons. The van der Waals surface area contributed by atoms with Gasteiger partial charge < -0.3 is 10.6 Å². The molecule has 2 aromatic carbocycles. The molecule has 1 amide bonds. The summed E-state index contributed by atoms with van der Waals surface area (Å²) in [5.41, 5.74) is 5.92. The number of aromatic nitrogens is 3. The van der Waals surface area contributed by atoms with E-state index in [1.165, 1.54) is 0 Å². The molecule has 0 aliphatic carbocycles. The molecule has 0 saturated carbocycles. The Kier molecular flexibility index (Phi) is 5.48. The molecule has 0 unspecified atom stereocenters. The van der Waals surface area contributed by atoms with Gasteiger partial charge in [-0.2, -0.15) is 0 Å². The minimum Gasteiger partial charge on any atom is -0.324 e. The third-order valence-electron chi connectivity index (χ3n) is 4.60. The summed E-state index contributed by atoms with van der Waals surface area (Å²) >= 11 is 0. The lowest BCUT2D eigenvalue weighted by Crippen LogP contribution is -2.12. The van der Waals surface area contributed by atoms with Crippen molar-refractivity contribution in [2.45, 2.75) is 13.8 Å². The van der Waals surface area contributed by atoms with Crippen molar-refractivity contribution < 1.29 is 4.79 Å². The lowest BCUT2D eigenvalue weighted by atomic mass is 10.1. The normalized spacial score (nSPS) is 10.5. The average molecular weight is 395 g/mol. The van der Waals surface area contributed by atoms with E-state index in [-0.39, 0.29) is 5.91 Å². The summed E-state index contributed by atoms with van der Waals surface area (Å²) in [6.07, 6.45) is 5.30. The van der Waals surface area contributed by atoms with Crippen LogP contribution in [0.3, 0.4) is 0 Å². The van der Waals surface area contributed by atoms with Crippen LogP contribution < -0.4 is 10.6 Å². The smallest absolute Gasteiger partial charge is 0.255 e. The second kappa shape index (κ2) is 8.53. The van der Waals surface area contributed by atoms with Crippen molar-refractivity contribution in [2.24, 2.45) is 0 Å². The van der Waals surface area contributed by atoms with Crippen LogP contribution in [0, 0.1) is 13.8 Å². The molecule has 0 saturated heterocycles. The Morgan fingerprint density at radius 3 is 2.57 bits per heavy atom. The molecule has 6 nitrogen and oxygen atoms in total. The van der Waals surface area contributed by atoms with Gasteiger partial charge in [-0.1, -0.05) is 24.3 Å². The van der Waals surface area contributed by atoms with Gasteiger partial charge in [0.1, 0.15) is 0 Å². The predicted octanol–water partition coefficient (Wildman–Crippen LogP) is 5.15. The molecule has 2 N–H and O–H groups in total. The first-order valence-corrected chi connectivity index (χ1v) is 9.57. The van der Waals surface area contributed by atoms with Crippen molar-refractivity contribution in [1.82, 2.24) is 15.0 Å². The van der Waals surface area contributed by atoms with E-state index >= 15 is 0 Å². The third-order valence-corrected chi connectivity index (χ3v) is 4.60. The number of carbonyl (C=O) groups excluding carboxylic acids is 1. The predicted molar refractivity (Wildman–Crippen MR) is 119 cm³/mol. The highest BCUT2D eigenvalue weighted by Crippen LogP contribution is 2.24. The van der Waals surface area contributed by atoms with Gasteiger partial charge in [-0.15, -0.1) is 0 Å². The number of nitrogens with zero attached hydrogens (tertiary/aromatic N) is 3. The standard InChI is InChI=1S/C24H21N5O/c1-16-12-19(15-25-14-16)21-10-11-26-24(28-21)29-22-13-20(9-8-17(22)2)27-23(30)18-6-4-3-5-7-18/h3-15H,1-2H3,(H,27,30)(H,26,28,29). The zero-order valence-electron chi connectivity index (χ0n) is 16.8. The summed E-state index contributed by atoms with van der Waals surface area (Å²) in [4.78, 5) is 25.6. The first kappa shape index (κ1) is 19.3. The molecule has 148 valence electrons. The maximum absolute atomic E-state index is 12.4.